The Balaban J connectivity index is 1.93. The molecule has 2 N–H and O–H groups in total. The molecule has 11 heteroatoms. The first-order chi connectivity index (χ1) is 13.6. The van der Waals surface area contributed by atoms with Gasteiger partial charge in [0.2, 0.25) is 0 Å². The zero-order chi connectivity index (χ0) is 21.4. The third-order valence-corrected chi connectivity index (χ3v) is 6.95. The van der Waals surface area contributed by atoms with E-state index in [1.165, 1.54) is 17.9 Å². The van der Waals surface area contributed by atoms with Crippen LogP contribution in [0.2, 0.25) is 0 Å². The number of pyridine rings is 2. The van der Waals surface area contributed by atoms with Crippen LogP contribution in [0.25, 0.3) is 22.2 Å². The van der Waals surface area contributed by atoms with E-state index in [-0.39, 0.29) is 18.5 Å². The lowest BCUT2D eigenvalue weighted by molar-refractivity contribution is -0.131. The van der Waals surface area contributed by atoms with Gasteiger partial charge in [0.25, 0.3) is 11.5 Å². The highest BCUT2D eigenvalue weighted by molar-refractivity contribution is 7.92. The minimum absolute atomic E-state index is 0.0102. The molecule has 3 aromatic rings. The van der Waals surface area contributed by atoms with Gasteiger partial charge in [-0.2, -0.15) is 0 Å². The van der Waals surface area contributed by atoms with Crippen LogP contribution in [0.3, 0.4) is 0 Å². The first-order valence-electron chi connectivity index (χ1n) is 8.44. The number of nitrogens with zero attached hydrogens (tertiary/aromatic N) is 2. The van der Waals surface area contributed by atoms with E-state index in [9.17, 15) is 22.4 Å². The van der Waals surface area contributed by atoms with Crippen molar-refractivity contribution in [3.63, 3.8) is 0 Å². The zero-order valence-electron chi connectivity index (χ0n) is 15.5. The number of amides is 1. The van der Waals surface area contributed by atoms with Crippen molar-refractivity contribution in [1.29, 1.82) is 0 Å². The lowest BCUT2D eigenvalue weighted by Crippen LogP contribution is -2.50. The number of furan rings is 1. The summed E-state index contributed by atoms with van der Waals surface area (Å²) in [5, 5.41) is 8.85. The number of carbonyl (C=O) groups excluding carboxylic acids is 1. The van der Waals surface area contributed by atoms with Crippen LogP contribution in [0.4, 0.5) is 4.39 Å². The van der Waals surface area contributed by atoms with E-state index in [1.807, 2.05) is 0 Å². The van der Waals surface area contributed by atoms with Crippen LogP contribution >= 0.6 is 0 Å². The summed E-state index contributed by atoms with van der Waals surface area (Å²) in [4.78, 5) is 28.4. The van der Waals surface area contributed by atoms with Crippen molar-refractivity contribution < 1.29 is 27.2 Å². The predicted molar refractivity (Wildman–Crippen MR) is 101 cm³/mol. The van der Waals surface area contributed by atoms with Crippen LogP contribution in [-0.4, -0.2) is 40.1 Å². The molecule has 3 aromatic heterocycles. The number of aryl methyl sites for hydroxylation is 1. The number of carbonyl (C=O) groups is 1. The summed E-state index contributed by atoms with van der Waals surface area (Å²) in [5.41, 5.74) is 2.10. The summed E-state index contributed by atoms with van der Waals surface area (Å²) in [6.07, 6.45) is 4.27. The van der Waals surface area contributed by atoms with Gasteiger partial charge in [0.15, 0.2) is 20.2 Å². The summed E-state index contributed by atoms with van der Waals surface area (Å²) in [6.45, 7) is 0.858. The van der Waals surface area contributed by atoms with E-state index in [0.717, 1.165) is 30.0 Å². The van der Waals surface area contributed by atoms with Crippen LogP contribution in [0.1, 0.15) is 13.3 Å². The van der Waals surface area contributed by atoms with Crippen LogP contribution in [0.5, 0.6) is 0 Å². The van der Waals surface area contributed by atoms with Crippen LogP contribution in [-0.2, 0) is 21.2 Å². The van der Waals surface area contributed by atoms with Crippen molar-refractivity contribution in [2.24, 2.45) is 0 Å². The van der Waals surface area contributed by atoms with Crippen molar-refractivity contribution >= 4 is 26.8 Å². The van der Waals surface area contributed by atoms with E-state index in [0.29, 0.717) is 16.7 Å². The standard InChI is InChI=1S/C18H18FN3O6S/c1-18(17(24)21-25,29(2,26)27)4-5-22-10-13(19)12(8-16(22)23)11-7-15-14(20-9-11)3-6-28-15/h3,6-10,25H,4-5H2,1-2H3,(H,21,24). The number of sulfone groups is 1. The molecule has 0 aromatic carbocycles. The van der Waals surface area contributed by atoms with E-state index < -0.39 is 31.9 Å². The molecule has 0 saturated carbocycles. The number of hydrogen-bond acceptors (Lipinski definition) is 7. The topological polar surface area (TPSA) is 132 Å². The monoisotopic (exact) mass is 423 g/mol. The van der Waals surface area contributed by atoms with Gasteiger partial charge < -0.3 is 8.98 Å². The SMILES string of the molecule is CC(CCn1cc(F)c(-c2cnc3ccoc3c2)cc1=O)(C(=O)NO)S(C)(=O)=O. The van der Waals surface area contributed by atoms with Gasteiger partial charge in [0.05, 0.1) is 6.26 Å². The van der Waals surface area contributed by atoms with Crippen LogP contribution < -0.4 is 11.0 Å². The van der Waals surface area contributed by atoms with Gasteiger partial charge in [0, 0.05) is 48.5 Å². The Kier molecular flexibility index (Phi) is 5.28. The summed E-state index contributed by atoms with van der Waals surface area (Å²) >= 11 is 0. The minimum Gasteiger partial charge on any atom is -0.463 e. The van der Waals surface area contributed by atoms with E-state index in [2.05, 4.69) is 4.98 Å². The smallest absolute Gasteiger partial charge is 0.264 e. The number of aromatic nitrogens is 2. The summed E-state index contributed by atoms with van der Waals surface area (Å²) in [6, 6.07) is 4.26. The molecule has 0 bridgehead atoms. The van der Waals surface area contributed by atoms with Gasteiger partial charge in [-0.1, -0.05) is 0 Å². The number of hydrogen-bond donors (Lipinski definition) is 2. The molecule has 0 radical (unpaired) electrons. The highest BCUT2D eigenvalue weighted by Gasteiger charge is 2.43. The predicted octanol–water partition coefficient (Wildman–Crippen LogP) is 1.49. The fourth-order valence-electron chi connectivity index (χ4n) is 2.85. The van der Waals surface area contributed by atoms with Crippen LogP contribution in [0.15, 0.2) is 46.1 Å². The van der Waals surface area contributed by atoms with E-state index in [4.69, 9.17) is 9.62 Å². The van der Waals surface area contributed by atoms with Gasteiger partial charge in [-0.25, -0.2) is 18.3 Å². The number of fused-ring (bicyclic) bond motifs is 1. The Bertz CT molecular complexity index is 1250. The van der Waals surface area contributed by atoms with Crippen molar-refractivity contribution in [3.05, 3.63) is 53.0 Å². The molecule has 9 nitrogen and oxygen atoms in total. The molecule has 1 atom stereocenters. The van der Waals surface area contributed by atoms with Gasteiger partial charge in [-0.3, -0.25) is 19.8 Å². The largest absolute Gasteiger partial charge is 0.463 e. The van der Waals surface area contributed by atoms with Crippen molar-refractivity contribution in [1.82, 2.24) is 15.0 Å². The van der Waals surface area contributed by atoms with Crippen LogP contribution in [0, 0.1) is 5.82 Å². The maximum atomic E-state index is 14.7. The fourth-order valence-corrected chi connectivity index (χ4v) is 3.70. The number of nitrogens with one attached hydrogen (secondary N) is 1. The minimum atomic E-state index is -3.94. The lowest BCUT2D eigenvalue weighted by atomic mass is 10.1. The second-order valence-electron chi connectivity index (χ2n) is 6.79. The molecule has 1 amide bonds. The Morgan fingerprint density at radius 2 is 2.14 bits per heavy atom. The normalized spacial score (nSPS) is 13.9. The number of rotatable bonds is 6. The Morgan fingerprint density at radius 3 is 2.79 bits per heavy atom. The molecular formula is C18H18FN3O6S. The maximum absolute atomic E-state index is 14.7. The molecule has 1 unspecified atom stereocenters. The highest BCUT2D eigenvalue weighted by atomic mass is 32.2. The molecule has 29 heavy (non-hydrogen) atoms. The Hall–Kier alpha value is -3.05. The molecule has 3 rings (SSSR count). The first kappa shape index (κ1) is 20.7. The third-order valence-electron chi connectivity index (χ3n) is 4.92. The average molecular weight is 423 g/mol. The van der Waals surface area contributed by atoms with Gasteiger partial charge in [-0.05, 0) is 19.4 Å². The highest BCUT2D eigenvalue weighted by Crippen LogP contribution is 2.25. The van der Waals surface area contributed by atoms with Crippen molar-refractivity contribution in [3.8, 4) is 11.1 Å². The molecule has 0 spiro atoms. The van der Waals surface area contributed by atoms with Gasteiger partial charge in [-0.15, -0.1) is 0 Å². The molecule has 3 heterocycles. The number of hydroxylamine groups is 1. The molecule has 0 aliphatic carbocycles. The second kappa shape index (κ2) is 7.41. The third kappa shape index (κ3) is 3.78. The summed E-state index contributed by atoms with van der Waals surface area (Å²) in [7, 11) is -3.94. The average Bonchev–Trinajstić information content (AvgIpc) is 3.14. The van der Waals surface area contributed by atoms with Gasteiger partial charge >= 0.3 is 0 Å². The first-order valence-corrected chi connectivity index (χ1v) is 10.3. The Morgan fingerprint density at radius 1 is 1.41 bits per heavy atom. The van der Waals surface area contributed by atoms with Crippen molar-refractivity contribution in [2.75, 3.05) is 6.26 Å². The van der Waals surface area contributed by atoms with E-state index >= 15 is 0 Å². The molecule has 154 valence electrons. The molecule has 0 aliphatic heterocycles. The Labute approximate surface area is 164 Å². The van der Waals surface area contributed by atoms with Gasteiger partial charge in [0.1, 0.15) is 11.3 Å². The molecular weight excluding hydrogens is 405 g/mol. The summed E-state index contributed by atoms with van der Waals surface area (Å²) in [5.74, 6) is -1.87. The van der Waals surface area contributed by atoms with Crippen molar-refractivity contribution in [2.45, 2.75) is 24.6 Å². The zero-order valence-corrected chi connectivity index (χ0v) is 16.4. The quantitative estimate of drug-likeness (QED) is 0.454. The number of halogens is 1. The molecule has 0 aliphatic rings. The second-order valence-corrected chi connectivity index (χ2v) is 9.23. The molecule has 0 saturated heterocycles. The fraction of sp³-hybridized carbons (Fsp3) is 0.278. The lowest BCUT2D eigenvalue weighted by Gasteiger charge is -2.25. The molecule has 0 fully saturated rings. The van der Waals surface area contributed by atoms with E-state index in [1.54, 1.807) is 12.1 Å². The maximum Gasteiger partial charge on any atom is 0.264 e. The summed E-state index contributed by atoms with van der Waals surface area (Å²) < 4.78 is 42.9.